The van der Waals surface area contributed by atoms with Gasteiger partial charge in [-0.2, -0.15) is 5.10 Å². The summed E-state index contributed by atoms with van der Waals surface area (Å²) >= 11 is 0. The second-order valence-electron chi connectivity index (χ2n) is 9.12. The Morgan fingerprint density at radius 1 is 1.00 bits per heavy atom. The summed E-state index contributed by atoms with van der Waals surface area (Å²) in [7, 11) is 3.45. The van der Waals surface area contributed by atoms with E-state index < -0.39 is 17.5 Å². The van der Waals surface area contributed by atoms with Crippen molar-refractivity contribution < 1.29 is 19.1 Å². The Labute approximate surface area is 206 Å². The standard InChI is InChI=1S/C27H23N5O4/c1-31-23-10-6-17(11-19(23)13-28-31)16-3-7-20(8-4-16)27(25(34)29-26(35)30-27)15-32-14-18-5-9-21(36-2)12-22(18)24(32)33/h3-13H,14-15H2,1-2H3,(H2,29,30,34,35)/t27-/m0/s1. The maximum Gasteiger partial charge on any atom is 0.322 e. The van der Waals surface area contributed by atoms with Gasteiger partial charge in [-0.15, -0.1) is 0 Å². The van der Waals surface area contributed by atoms with Gasteiger partial charge < -0.3 is 15.0 Å². The molecule has 2 N–H and O–H groups in total. The highest BCUT2D eigenvalue weighted by Gasteiger charge is 2.50. The molecule has 0 bridgehead atoms. The van der Waals surface area contributed by atoms with Gasteiger partial charge >= 0.3 is 6.03 Å². The van der Waals surface area contributed by atoms with Crippen LogP contribution in [0.3, 0.4) is 0 Å². The van der Waals surface area contributed by atoms with E-state index in [1.807, 2.05) is 60.4 Å². The smallest absolute Gasteiger partial charge is 0.322 e. The Morgan fingerprint density at radius 3 is 2.50 bits per heavy atom. The molecule has 3 aromatic carbocycles. The van der Waals surface area contributed by atoms with Crippen LogP contribution in [0.4, 0.5) is 4.79 Å². The van der Waals surface area contributed by atoms with E-state index in [1.54, 1.807) is 24.1 Å². The third kappa shape index (κ3) is 3.31. The predicted molar refractivity (Wildman–Crippen MR) is 132 cm³/mol. The Hall–Kier alpha value is -4.66. The van der Waals surface area contributed by atoms with E-state index in [4.69, 9.17) is 4.74 Å². The maximum absolute atomic E-state index is 13.2. The molecule has 180 valence electrons. The van der Waals surface area contributed by atoms with E-state index >= 15 is 0 Å². The third-order valence-electron chi connectivity index (χ3n) is 7.02. The molecule has 3 heterocycles. The van der Waals surface area contributed by atoms with Crippen molar-refractivity contribution in [2.24, 2.45) is 7.05 Å². The van der Waals surface area contributed by atoms with E-state index in [1.165, 1.54) is 0 Å². The van der Waals surface area contributed by atoms with E-state index in [9.17, 15) is 14.4 Å². The van der Waals surface area contributed by atoms with Gasteiger partial charge in [0.15, 0.2) is 5.54 Å². The zero-order valence-corrected chi connectivity index (χ0v) is 19.7. The van der Waals surface area contributed by atoms with Crippen molar-refractivity contribution in [3.8, 4) is 16.9 Å². The van der Waals surface area contributed by atoms with Crippen LogP contribution in [0.1, 0.15) is 21.5 Å². The lowest BCUT2D eigenvalue weighted by atomic mass is 9.88. The first-order valence-electron chi connectivity index (χ1n) is 11.5. The normalized spacial score (nSPS) is 18.9. The number of imide groups is 1. The third-order valence-corrected chi connectivity index (χ3v) is 7.02. The predicted octanol–water partition coefficient (Wildman–Crippen LogP) is 2.94. The summed E-state index contributed by atoms with van der Waals surface area (Å²) in [6.45, 7) is 0.341. The minimum Gasteiger partial charge on any atom is -0.497 e. The summed E-state index contributed by atoms with van der Waals surface area (Å²) < 4.78 is 7.07. The minimum atomic E-state index is -1.40. The first-order chi connectivity index (χ1) is 17.4. The van der Waals surface area contributed by atoms with Crippen molar-refractivity contribution in [2.45, 2.75) is 12.1 Å². The molecule has 2 aliphatic heterocycles. The van der Waals surface area contributed by atoms with Crippen molar-refractivity contribution in [1.82, 2.24) is 25.3 Å². The lowest BCUT2D eigenvalue weighted by Gasteiger charge is -2.31. The van der Waals surface area contributed by atoms with Crippen LogP contribution >= 0.6 is 0 Å². The van der Waals surface area contributed by atoms with Gasteiger partial charge in [0, 0.05) is 24.5 Å². The molecule has 1 saturated heterocycles. The summed E-state index contributed by atoms with van der Waals surface area (Å²) in [5.74, 6) is -0.109. The zero-order chi connectivity index (χ0) is 25.0. The van der Waals surface area contributed by atoms with E-state index in [2.05, 4.69) is 21.8 Å². The summed E-state index contributed by atoms with van der Waals surface area (Å²) in [5, 5.41) is 10.5. The fourth-order valence-electron chi connectivity index (χ4n) is 5.07. The van der Waals surface area contributed by atoms with Crippen LogP contribution in [0, 0.1) is 0 Å². The lowest BCUT2D eigenvalue weighted by molar-refractivity contribution is -0.124. The number of ether oxygens (including phenoxy) is 1. The molecule has 0 radical (unpaired) electrons. The number of aryl methyl sites for hydroxylation is 1. The molecule has 0 saturated carbocycles. The highest BCUT2D eigenvalue weighted by molar-refractivity contribution is 6.08. The average Bonchev–Trinajstić information content (AvgIpc) is 3.51. The number of carbonyl (C=O) groups excluding carboxylic acids is 3. The lowest BCUT2D eigenvalue weighted by Crippen LogP contribution is -2.52. The summed E-state index contributed by atoms with van der Waals surface area (Å²) in [6.07, 6.45) is 1.82. The molecule has 36 heavy (non-hydrogen) atoms. The largest absolute Gasteiger partial charge is 0.497 e. The first kappa shape index (κ1) is 21.8. The van der Waals surface area contributed by atoms with Crippen LogP contribution in [0.15, 0.2) is 66.9 Å². The quantitative estimate of drug-likeness (QED) is 0.427. The number of hydrogen-bond acceptors (Lipinski definition) is 5. The molecule has 1 fully saturated rings. The first-order valence-corrected chi connectivity index (χ1v) is 11.5. The number of rotatable bonds is 5. The number of nitrogens with zero attached hydrogens (tertiary/aromatic N) is 3. The second-order valence-corrected chi connectivity index (χ2v) is 9.12. The molecule has 0 aliphatic carbocycles. The van der Waals surface area contributed by atoms with Gasteiger partial charge in [0.2, 0.25) is 0 Å². The fourth-order valence-corrected chi connectivity index (χ4v) is 5.07. The van der Waals surface area contributed by atoms with Gasteiger partial charge in [0.25, 0.3) is 11.8 Å². The van der Waals surface area contributed by atoms with Gasteiger partial charge in [-0.25, -0.2) is 4.79 Å². The molecule has 0 spiro atoms. The maximum atomic E-state index is 13.2. The average molecular weight is 482 g/mol. The summed E-state index contributed by atoms with van der Waals surface area (Å²) in [4.78, 5) is 40.1. The number of carbonyl (C=O) groups is 3. The Balaban J connectivity index is 1.33. The molecule has 9 heteroatoms. The number of hydrogen-bond donors (Lipinski definition) is 2. The van der Waals surface area contributed by atoms with E-state index in [0.29, 0.717) is 23.4 Å². The van der Waals surface area contributed by atoms with Crippen LogP contribution in [0.5, 0.6) is 5.75 Å². The fraction of sp³-hybridized carbons (Fsp3) is 0.185. The highest BCUT2D eigenvalue weighted by atomic mass is 16.5. The van der Waals surface area contributed by atoms with Crippen LogP contribution in [0.25, 0.3) is 22.0 Å². The molecule has 4 amide bonds. The summed E-state index contributed by atoms with van der Waals surface area (Å²) in [6, 6.07) is 18.3. The highest BCUT2D eigenvalue weighted by Crippen LogP contribution is 2.34. The van der Waals surface area contributed by atoms with Crippen molar-refractivity contribution in [3.05, 3.63) is 83.6 Å². The van der Waals surface area contributed by atoms with Crippen LogP contribution in [-0.4, -0.2) is 46.2 Å². The Morgan fingerprint density at radius 2 is 1.78 bits per heavy atom. The van der Waals surface area contributed by atoms with Gasteiger partial charge in [-0.3, -0.25) is 19.6 Å². The van der Waals surface area contributed by atoms with Crippen LogP contribution in [0.2, 0.25) is 0 Å². The van der Waals surface area contributed by atoms with Crippen molar-refractivity contribution in [3.63, 3.8) is 0 Å². The van der Waals surface area contributed by atoms with Crippen molar-refractivity contribution >= 4 is 28.7 Å². The molecular weight excluding hydrogens is 458 g/mol. The van der Waals surface area contributed by atoms with Crippen LogP contribution < -0.4 is 15.4 Å². The van der Waals surface area contributed by atoms with Crippen LogP contribution in [-0.2, 0) is 23.9 Å². The molecule has 1 aromatic heterocycles. The molecule has 9 nitrogen and oxygen atoms in total. The van der Waals surface area contributed by atoms with E-state index in [-0.39, 0.29) is 12.5 Å². The van der Waals surface area contributed by atoms with Gasteiger partial charge in [0.05, 0.1) is 25.4 Å². The van der Waals surface area contributed by atoms with Crippen molar-refractivity contribution in [1.29, 1.82) is 0 Å². The second kappa shape index (κ2) is 7.94. The number of fused-ring (bicyclic) bond motifs is 2. The Kier molecular flexibility index (Phi) is 4.82. The molecule has 0 unspecified atom stereocenters. The number of urea groups is 1. The molecule has 1 atom stereocenters. The van der Waals surface area contributed by atoms with Gasteiger partial charge in [-0.05, 0) is 46.5 Å². The number of methoxy groups -OCH3 is 1. The molecule has 4 aromatic rings. The SMILES string of the molecule is COc1ccc2c(c1)C(=O)N(C[C@@]1(c3ccc(-c4ccc5c(cnn5C)c4)cc3)NC(=O)NC1=O)C2. The topological polar surface area (TPSA) is 106 Å². The number of benzene rings is 3. The molecule has 6 rings (SSSR count). The number of aromatic nitrogens is 2. The summed E-state index contributed by atoms with van der Waals surface area (Å²) in [5.41, 5.74) is 3.59. The molecular formula is C27H23N5O4. The van der Waals surface area contributed by atoms with Crippen molar-refractivity contribution in [2.75, 3.05) is 13.7 Å². The minimum absolute atomic E-state index is 0.00138. The molecule has 2 aliphatic rings. The number of nitrogens with one attached hydrogen (secondary N) is 2. The number of amides is 4. The van der Waals surface area contributed by atoms with Gasteiger partial charge in [-0.1, -0.05) is 36.4 Å². The zero-order valence-electron chi connectivity index (χ0n) is 19.7. The van der Waals surface area contributed by atoms with Gasteiger partial charge in [0.1, 0.15) is 5.75 Å². The Bertz CT molecular complexity index is 1560. The van der Waals surface area contributed by atoms with E-state index in [0.717, 1.165) is 27.6 Å². The monoisotopic (exact) mass is 481 g/mol.